The molecular weight excluding hydrogens is 657 g/mol. The van der Waals surface area contributed by atoms with Gasteiger partial charge in [0.1, 0.15) is 4.90 Å². The number of rotatable bonds is 14. The van der Waals surface area contributed by atoms with Crippen LogP contribution in [0, 0.1) is 0 Å². The second-order valence-corrected chi connectivity index (χ2v) is 14.3. The second kappa shape index (κ2) is 15.0. The molecule has 12 nitrogen and oxygen atoms in total. The monoisotopic (exact) mass is 700 g/mol. The third-order valence-electron chi connectivity index (χ3n) is 9.70. The van der Waals surface area contributed by atoms with Crippen molar-refractivity contribution in [3.05, 3.63) is 101 Å². The summed E-state index contributed by atoms with van der Waals surface area (Å²) in [5.41, 5.74) is 3.46. The molecule has 2 aliphatic heterocycles. The molecule has 50 heavy (non-hydrogen) atoms. The van der Waals surface area contributed by atoms with Crippen LogP contribution >= 0.6 is 0 Å². The summed E-state index contributed by atoms with van der Waals surface area (Å²) in [7, 11) is -0.716. The molecule has 1 unspecified atom stereocenters. The Bertz CT molecular complexity index is 1940. The van der Waals surface area contributed by atoms with Crippen molar-refractivity contribution in [3.63, 3.8) is 0 Å². The van der Waals surface area contributed by atoms with Gasteiger partial charge in [-0.25, -0.2) is 13.1 Å². The van der Waals surface area contributed by atoms with Gasteiger partial charge >= 0.3 is 0 Å². The maximum atomic E-state index is 14.4. The zero-order valence-electron chi connectivity index (χ0n) is 28.9. The average molecular weight is 701 g/mol. The van der Waals surface area contributed by atoms with Crippen molar-refractivity contribution in [2.24, 2.45) is 0 Å². The molecule has 6 rings (SSSR count). The first-order chi connectivity index (χ1) is 24.2. The van der Waals surface area contributed by atoms with Gasteiger partial charge in [0.15, 0.2) is 11.5 Å². The van der Waals surface area contributed by atoms with Gasteiger partial charge in [-0.2, -0.15) is 5.10 Å². The lowest BCUT2D eigenvalue weighted by atomic mass is 9.99. The Labute approximate surface area is 293 Å². The zero-order valence-corrected chi connectivity index (χ0v) is 29.7. The van der Waals surface area contributed by atoms with Gasteiger partial charge in [-0.05, 0) is 62.1 Å². The number of sulfonamides is 1. The van der Waals surface area contributed by atoms with Crippen LogP contribution in [0.5, 0.6) is 11.5 Å². The Morgan fingerprint density at radius 3 is 2.30 bits per heavy atom. The summed E-state index contributed by atoms with van der Waals surface area (Å²) in [4.78, 5) is 34.6. The number of nitrogens with one attached hydrogen (secondary N) is 1. The minimum Gasteiger partial charge on any atom is -0.493 e. The number of methoxy groups -OCH3 is 2. The highest BCUT2D eigenvalue weighted by molar-refractivity contribution is 7.89. The molecule has 4 aromatic rings. The van der Waals surface area contributed by atoms with E-state index < -0.39 is 16.1 Å². The smallest absolute Gasteiger partial charge is 0.264 e. The minimum absolute atomic E-state index is 0.0824. The molecule has 13 heteroatoms. The average Bonchev–Trinajstić information content (AvgIpc) is 3.75. The standard InChI is InChI=1S/C37H44N6O6S/c1-5-42-25-29(24-38-42)50(46,47)39-18-10-15-31(28-16-17-33(48-3)34(23-28)49-4)43-36(44)30-13-9-14-32(35(30)37(43)45)41-21-19-40(20-22-41)26(2)27-11-7-6-8-12-27/h6-9,11-14,16-17,23-26,31,39H,5,10,15,18-22H2,1-4H3/t26?,31-/m1/s1. The number of ether oxygens (including phenoxy) is 2. The molecule has 3 aromatic carbocycles. The number of carbonyl (C=O) groups is 2. The minimum atomic E-state index is -3.79. The number of imide groups is 1. The van der Waals surface area contributed by atoms with Crippen molar-refractivity contribution >= 4 is 27.5 Å². The lowest BCUT2D eigenvalue weighted by molar-refractivity contribution is 0.0572. The molecule has 2 atom stereocenters. The van der Waals surface area contributed by atoms with Crippen molar-refractivity contribution in [1.82, 2.24) is 24.3 Å². The highest BCUT2D eigenvalue weighted by Crippen LogP contribution is 2.40. The van der Waals surface area contributed by atoms with Crippen LogP contribution in [0.3, 0.4) is 0 Å². The third kappa shape index (κ3) is 6.98. The van der Waals surface area contributed by atoms with Crippen molar-refractivity contribution in [3.8, 4) is 11.5 Å². The number of carbonyl (C=O) groups excluding carboxylic acids is 2. The summed E-state index contributed by atoms with van der Waals surface area (Å²) >= 11 is 0. The van der Waals surface area contributed by atoms with E-state index in [1.54, 1.807) is 30.0 Å². The fourth-order valence-corrected chi connectivity index (χ4v) is 7.90. The van der Waals surface area contributed by atoms with Crippen LogP contribution in [-0.2, 0) is 16.6 Å². The van der Waals surface area contributed by atoms with E-state index in [1.807, 2.05) is 31.2 Å². The predicted octanol–water partition coefficient (Wildman–Crippen LogP) is 4.90. The van der Waals surface area contributed by atoms with Gasteiger partial charge in [-0.15, -0.1) is 0 Å². The van der Waals surface area contributed by atoms with Gasteiger partial charge in [-0.3, -0.25) is 24.1 Å². The van der Waals surface area contributed by atoms with Crippen molar-refractivity contribution in [2.45, 2.75) is 50.2 Å². The predicted molar refractivity (Wildman–Crippen MR) is 190 cm³/mol. The van der Waals surface area contributed by atoms with E-state index in [0.717, 1.165) is 18.8 Å². The molecule has 264 valence electrons. The molecule has 0 bridgehead atoms. The van der Waals surface area contributed by atoms with Gasteiger partial charge in [0.2, 0.25) is 10.0 Å². The van der Waals surface area contributed by atoms with Crippen LogP contribution in [0.4, 0.5) is 5.69 Å². The number of amides is 2. The first-order valence-electron chi connectivity index (χ1n) is 17.0. The number of aryl methyl sites for hydroxylation is 1. The molecule has 1 saturated heterocycles. The third-order valence-corrected chi connectivity index (χ3v) is 11.1. The maximum Gasteiger partial charge on any atom is 0.264 e. The second-order valence-electron chi connectivity index (χ2n) is 12.5. The lowest BCUT2D eigenvalue weighted by Crippen LogP contribution is -2.47. The maximum absolute atomic E-state index is 14.4. The van der Waals surface area contributed by atoms with E-state index >= 15 is 0 Å². The molecule has 1 N–H and O–H groups in total. The fourth-order valence-electron chi connectivity index (χ4n) is 6.87. The Morgan fingerprint density at radius 1 is 0.880 bits per heavy atom. The summed E-state index contributed by atoms with van der Waals surface area (Å²) < 4.78 is 41.1. The molecule has 0 radical (unpaired) electrons. The van der Waals surface area contributed by atoms with E-state index in [0.29, 0.717) is 60.7 Å². The Balaban J connectivity index is 1.23. The highest BCUT2D eigenvalue weighted by atomic mass is 32.2. The van der Waals surface area contributed by atoms with Crippen molar-refractivity contribution in [1.29, 1.82) is 0 Å². The van der Waals surface area contributed by atoms with E-state index in [-0.39, 0.29) is 29.3 Å². The van der Waals surface area contributed by atoms with Crippen LogP contribution < -0.4 is 19.1 Å². The molecule has 2 amide bonds. The van der Waals surface area contributed by atoms with Gasteiger partial charge < -0.3 is 14.4 Å². The quantitative estimate of drug-likeness (QED) is 0.144. The van der Waals surface area contributed by atoms with Crippen molar-refractivity contribution in [2.75, 3.05) is 51.8 Å². The Kier molecular flexibility index (Phi) is 10.6. The normalized spacial score (nSPS) is 16.4. The number of nitrogens with zero attached hydrogens (tertiary/aromatic N) is 5. The molecular formula is C37H44N6O6S. The molecule has 1 aromatic heterocycles. The summed E-state index contributed by atoms with van der Waals surface area (Å²) in [5, 5.41) is 4.07. The van der Waals surface area contributed by atoms with E-state index in [2.05, 4.69) is 50.8 Å². The molecule has 0 saturated carbocycles. The summed E-state index contributed by atoms with van der Waals surface area (Å²) in [6, 6.07) is 20.8. The van der Waals surface area contributed by atoms with Crippen LogP contribution in [0.25, 0.3) is 0 Å². The van der Waals surface area contributed by atoms with Crippen molar-refractivity contribution < 1.29 is 27.5 Å². The number of aromatic nitrogens is 2. The van der Waals surface area contributed by atoms with Crippen LogP contribution in [-0.4, -0.2) is 86.8 Å². The first kappa shape index (κ1) is 35.1. The SMILES string of the molecule is CCn1cc(S(=O)(=O)NCCC[C@H](c2ccc(OC)c(OC)c2)N2C(=O)c3cccc(N4CCN(C(C)c5ccccc5)CC4)c3C2=O)cn1. The van der Waals surface area contributed by atoms with E-state index in [1.165, 1.54) is 30.0 Å². The molecule has 0 aliphatic carbocycles. The van der Waals surface area contributed by atoms with Gasteiger partial charge in [-0.1, -0.05) is 42.5 Å². The van der Waals surface area contributed by atoms with Gasteiger partial charge in [0.05, 0.1) is 43.3 Å². The molecule has 1 fully saturated rings. The topological polar surface area (TPSA) is 126 Å². The van der Waals surface area contributed by atoms with Gasteiger partial charge in [0.25, 0.3) is 11.8 Å². The highest BCUT2D eigenvalue weighted by Gasteiger charge is 2.43. The molecule has 2 aliphatic rings. The van der Waals surface area contributed by atoms with Crippen LogP contribution in [0.1, 0.15) is 70.6 Å². The summed E-state index contributed by atoms with van der Waals surface area (Å²) in [6.07, 6.45) is 3.46. The molecule has 0 spiro atoms. The first-order valence-corrected chi connectivity index (χ1v) is 18.4. The Morgan fingerprint density at radius 2 is 1.62 bits per heavy atom. The van der Waals surface area contributed by atoms with E-state index in [4.69, 9.17) is 9.47 Å². The fraction of sp³-hybridized carbons (Fsp3) is 0.378. The number of fused-ring (bicyclic) bond motifs is 1. The zero-order chi connectivity index (χ0) is 35.4. The van der Waals surface area contributed by atoms with Crippen LogP contribution in [0.2, 0.25) is 0 Å². The summed E-state index contributed by atoms with van der Waals surface area (Å²) in [6.45, 7) is 7.80. The largest absolute Gasteiger partial charge is 0.493 e. The number of piperazine rings is 1. The Hall–Kier alpha value is -4.72. The number of hydrogen-bond acceptors (Lipinski definition) is 9. The van der Waals surface area contributed by atoms with E-state index in [9.17, 15) is 18.0 Å². The van der Waals surface area contributed by atoms with Gasteiger partial charge in [0, 0.05) is 51.5 Å². The summed E-state index contributed by atoms with van der Waals surface area (Å²) in [5.74, 6) is 0.229. The van der Waals surface area contributed by atoms with Crippen LogP contribution in [0.15, 0.2) is 84.0 Å². The number of benzene rings is 3. The number of anilines is 1. The molecule has 3 heterocycles. The lowest BCUT2D eigenvalue weighted by Gasteiger charge is -2.39. The number of hydrogen-bond donors (Lipinski definition) is 1.